The number of imidazole rings is 1. The van der Waals surface area contributed by atoms with Crippen LogP contribution in [0.25, 0.3) is 39.5 Å². The van der Waals surface area contributed by atoms with Crippen molar-refractivity contribution >= 4 is 33.9 Å². The van der Waals surface area contributed by atoms with E-state index >= 15 is 0 Å². The number of piperidine rings is 1. The maximum Gasteiger partial charge on any atom is 0.254 e. The van der Waals surface area contributed by atoms with Crippen molar-refractivity contribution in [1.29, 1.82) is 0 Å². The number of hydrogen-bond acceptors (Lipinski definition) is 4. The van der Waals surface area contributed by atoms with Gasteiger partial charge in [-0.3, -0.25) is 4.79 Å². The fourth-order valence-corrected chi connectivity index (χ4v) is 7.06. The Balaban J connectivity index is 1.31. The zero-order chi connectivity index (χ0) is 28.4. The third-order valence-electron chi connectivity index (χ3n) is 9.53. The summed E-state index contributed by atoms with van der Waals surface area (Å²) in [5.74, 6) is 3.35. The van der Waals surface area contributed by atoms with Crippen LogP contribution in [0.15, 0.2) is 42.5 Å². The molecule has 2 bridgehead atoms. The van der Waals surface area contributed by atoms with E-state index in [2.05, 4.69) is 59.4 Å². The fraction of sp³-hybridized carbons (Fsp3) is 0.471. The molecule has 4 aromatic rings. The van der Waals surface area contributed by atoms with Crippen LogP contribution in [0.5, 0.6) is 5.75 Å². The molecule has 2 saturated carbocycles. The topological polar surface area (TPSA) is 78.3 Å². The number of ether oxygens (including phenoxy) is 1. The summed E-state index contributed by atoms with van der Waals surface area (Å²) < 4.78 is 10.4. The Morgan fingerprint density at radius 3 is 2.66 bits per heavy atom. The number of carbonyl (C=O) groups is 1. The number of aromatic nitrogens is 3. The van der Waals surface area contributed by atoms with Gasteiger partial charge in [-0.15, -0.1) is 0 Å². The van der Waals surface area contributed by atoms with Gasteiger partial charge in [0, 0.05) is 48.7 Å². The molecule has 1 saturated heterocycles. The van der Waals surface area contributed by atoms with E-state index in [1.54, 1.807) is 7.11 Å². The highest BCUT2D eigenvalue weighted by atomic mass is 16.5. The van der Waals surface area contributed by atoms with Crippen molar-refractivity contribution in [3.8, 4) is 17.3 Å². The van der Waals surface area contributed by atoms with Gasteiger partial charge in [-0.05, 0) is 79.7 Å². The van der Waals surface area contributed by atoms with Crippen LogP contribution in [0.3, 0.4) is 0 Å². The van der Waals surface area contributed by atoms with E-state index in [9.17, 15) is 4.79 Å². The molecule has 1 aliphatic heterocycles. The molecule has 7 heteroatoms. The van der Waals surface area contributed by atoms with Gasteiger partial charge in [-0.1, -0.05) is 38.1 Å². The van der Waals surface area contributed by atoms with Crippen LogP contribution in [-0.2, 0) is 13.6 Å². The van der Waals surface area contributed by atoms with Gasteiger partial charge < -0.3 is 24.5 Å². The van der Waals surface area contributed by atoms with E-state index < -0.39 is 0 Å². The number of carbonyl (C=O) groups excluding carboxylic acids is 1. The molecule has 214 valence electrons. The molecule has 3 fully saturated rings. The van der Waals surface area contributed by atoms with Gasteiger partial charge in [0.2, 0.25) is 0 Å². The largest absolute Gasteiger partial charge is 0.494 e. The summed E-state index contributed by atoms with van der Waals surface area (Å²) in [4.78, 5) is 20.8. The number of nitrogens with zero attached hydrogens (tertiary/aromatic N) is 4. The van der Waals surface area contributed by atoms with Gasteiger partial charge in [0.05, 0.1) is 18.3 Å². The lowest BCUT2D eigenvalue weighted by molar-refractivity contribution is 0.0700. The molecule has 41 heavy (non-hydrogen) atoms. The number of hydrogen-bond donors (Lipinski definition) is 1. The van der Waals surface area contributed by atoms with Crippen LogP contribution < -0.4 is 10.5 Å². The summed E-state index contributed by atoms with van der Waals surface area (Å²) >= 11 is 0. The minimum absolute atomic E-state index is 0.0287. The maximum atomic E-state index is 13.7. The molecule has 2 N–H and O–H groups in total. The zero-order valence-electron chi connectivity index (χ0n) is 24.6. The number of rotatable bonds is 8. The van der Waals surface area contributed by atoms with Crippen molar-refractivity contribution < 1.29 is 9.53 Å². The molecule has 2 aromatic carbocycles. The quantitative estimate of drug-likeness (QED) is 0.281. The van der Waals surface area contributed by atoms with Gasteiger partial charge >= 0.3 is 0 Å². The van der Waals surface area contributed by atoms with Gasteiger partial charge in [-0.25, -0.2) is 4.98 Å². The molecule has 2 aliphatic carbocycles. The van der Waals surface area contributed by atoms with Crippen LogP contribution >= 0.6 is 0 Å². The number of aryl methyl sites for hydroxylation is 1. The molecule has 0 radical (unpaired) electrons. The minimum atomic E-state index is 0.0287. The first kappa shape index (κ1) is 26.3. The van der Waals surface area contributed by atoms with Crippen molar-refractivity contribution in [2.75, 3.05) is 13.7 Å². The Morgan fingerprint density at radius 2 is 1.98 bits per heavy atom. The number of likely N-dealkylation sites (tertiary alicyclic amines) is 1. The number of methoxy groups -OCH3 is 1. The van der Waals surface area contributed by atoms with Gasteiger partial charge in [0.1, 0.15) is 11.3 Å². The average Bonchev–Trinajstić information content (AvgIpc) is 3.37. The van der Waals surface area contributed by atoms with Crippen molar-refractivity contribution in [2.24, 2.45) is 30.5 Å². The molecular formula is C34H41N5O2. The first-order chi connectivity index (χ1) is 19.8. The minimum Gasteiger partial charge on any atom is -0.494 e. The molecule has 3 heterocycles. The summed E-state index contributed by atoms with van der Waals surface area (Å²) in [6, 6.07) is 13.1. The first-order valence-electron chi connectivity index (χ1n) is 15.2. The number of allylic oxidation sites excluding steroid dienone is 1. The molecule has 3 aliphatic rings. The lowest BCUT2D eigenvalue weighted by Gasteiger charge is -2.27. The van der Waals surface area contributed by atoms with Gasteiger partial charge in [0.15, 0.2) is 5.82 Å². The highest BCUT2D eigenvalue weighted by Crippen LogP contribution is 2.40. The molecule has 1 unspecified atom stereocenters. The van der Waals surface area contributed by atoms with Crippen LogP contribution in [0, 0.1) is 17.8 Å². The van der Waals surface area contributed by atoms with E-state index in [0.717, 1.165) is 54.9 Å². The lowest BCUT2D eigenvalue weighted by Crippen LogP contribution is -2.41. The molecule has 0 spiro atoms. The summed E-state index contributed by atoms with van der Waals surface area (Å²) in [6.45, 7) is 6.22. The number of fused-ring (bicyclic) bond motifs is 4. The molecule has 7 nitrogen and oxygen atoms in total. The third kappa shape index (κ3) is 4.55. The molecule has 7 rings (SSSR count). The van der Waals surface area contributed by atoms with Crippen molar-refractivity contribution in [3.63, 3.8) is 0 Å². The van der Waals surface area contributed by atoms with Crippen LogP contribution in [-0.4, -0.2) is 50.7 Å². The summed E-state index contributed by atoms with van der Waals surface area (Å²) in [6.07, 6.45) is 10.2. The Bertz CT molecular complexity index is 1670. The van der Waals surface area contributed by atoms with Crippen molar-refractivity contribution in [1.82, 2.24) is 19.0 Å². The maximum absolute atomic E-state index is 13.7. The predicted molar refractivity (Wildman–Crippen MR) is 165 cm³/mol. The van der Waals surface area contributed by atoms with E-state index in [0.29, 0.717) is 29.1 Å². The lowest BCUT2D eigenvalue weighted by atomic mass is 10.1. The third-order valence-corrected chi connectivity index (χ3v) is 9.53. The summed E-state index contributed by atoms with van der Waals surface area (Å²) in [7, 11) is 3.72. The average molecular weight is 552 g/mol. The first-order valence-corrected chi connectivity index (χ1v) is 15.2. The molecule has 1 amide bonds. The van der Waals surface area contributed by atoms with E-state index in [1.165, 1.54) is 29.3 Å². The number of amides is 1. The van der Waals surface area contributed by atoms with E-state index in [-0.39, 0.29) is 18.0 Å². The smallest absolute Gasteiger partial charge is 0.254 e. The van der Waals surface area contributed by atoms with Crippen LogP contribution in [0.1, 0.15) is 61.9 Å². The van der Waals surface area contributed by atoms with Crippen molar-refractivity contribution in [3.05, 3.63) is 53.6 Å². The Kier molecular flexibility index (Phi) is 6.45. The SMILES string of the molecule is COc1cc(C(=O)N2C[C@H]3CCC2[C@H]3N)cc2nc(-c3cc4ccc(/C=C/CC(C)C)cc4n3CC3CC3)n(C)c12. The van der Waals surface area contributed by atoms with Crippen LogP contribution in [0.4, 0.5) is 0 Å². The highest BCUT2D eigenvalue weighted by molar-refractivity contribution is 6.00. The monoisotopic (exact) mass is 551 g/mol. The van der Waals surface area contributed by atoms with E-state index in [4.69, 9.17) is 15.5 Å². The number of benzene rings is 2. The Hall–Kier alpha value is -3.58. The molecule has 2 aromatic heterocycles. The van der Waals surface area contributed by atoms with E-state index in [1.807, 2.05) is 24.1 Å². The second-order valence-corrected chi connectivity index (χ2v) is 12.9. The second kappa shape index (κ2) is 10.1. The molecule has 3 atom stereocenters. The Labute approximate surface area is 242 Å². The highest BCUT2D eigenvalue weighted by Gasteiger charge is 2.47. The normalized spacial score (nSPS) is 22.3. The standard InChI is InChI=1S/C34H41N5O2/c1-20(2)6-5-7-21-10-11-23-16-29(38(28(23)14-21)18-22-8-9-22)33-36-26-15-25(17-30(41-4)32(26)37(33)3)34(40)39-19-24-12-13-27(39)31(24)35/h5,7,10-11,14-17,20,22,24,27,31H,6,8-9,12-13,18-19,35H2,1-4H3/b7-5+/t24-,27?,31+/m1/s1. The summed E-state index contributed by atoms with van der Waals surface area (Å²) in [5.41, 5.74) is 12.3. The van der Waals surface area contributed by atoms with Gasteiger partial charge in [-0.2, -0.15) is 0 Å². The fourth-order valence-electron chi connectivity index (χ4n) is 7.06. The number of nitrogens with two attached hydrogens (primary N) is 1. The predicted octanol–water partition coefficient (Wildman–Crippen LogP) is 6.23. The van der Waals surface area contributed by atoms with Crippen molar-refractivity contribution in [2.45, 2.75) is 64.6 Å². The second-order valence-electron chi connectivity index (χ2n) is 12.9. The molecular weight excluding hydrogens is 510 g/mol. The zero-order valence-corrected chi connectivity index (χ0v) is 24.6. The summed E-state index contributed by atoms with van der Waals surface area (Å²) in [5, 5.41) is 1.22. The van der Waals surface area contributed by atoms with Gasteiger partial charge in [0.25, 0.3) is 5.91 Å². The Morgan fingerprint density at radius 1 is 1.15 bits per heavy atom. The van der Waals surface area contributed by atoms with Crippen LogP contribution in [0.2, 0.25) is 0 Å².